The molecule has 0 saturated carbocycles. The largest absolute Gasteiger partial charge is 0.301 e. The third-order valence-electron chi connectivity index (χ3n) is 2.23. The van der Waals surface area contributed by atoms with Crippen molar-refractivity contribution >= 4 is 9.84 Å². The van der Waals surface area contributed by atoms with Crippen LogP contribution in [0.15, 0.2) is 44.9 Å². The van der Waals surface area contributed by atoms with E-state index in [1.807, 2.05) is 0 Å². The van der Waals surface area contributed by atoms with E-state index in [1.54, 1.807) is 18.2 Å². The number of aromatic amines is 2. The molecule has 0 saturated heterocycles. The molecule has 0 bridgehead atoms. The van der Waals surface area contributed by atoms with Crippen molar-refractivity contribution in [2.75, 3.05) is 0 Å². The minimum Gasteiger partial charge on any atom is -0.301 e. The summed E-state index contributed by atoms with van der Waals surface area (Å²) in [6.45, 7) is 1.54. The summed E-state index contributed by atoms with van der Waals surface area (Å²) in [5.41, 5.74) is -0.310. The van der Waals surface area contributed by atoms with Gasteiger partial charge < -0.3 is 5.10 Å². The lowest BCUT2D eigenvalue weighted by atomic mass is 10.4. The van der Waals surface area contributed by atoms with Crippen LogP contribution in [0.2, 0.25) is 0 Å². The van der Waals surface area contributed by atoms with Crippen LogP contribution in [0, 0.1) is 6.92 Å². The summed E-state index contributed by atoms with van der Waals surface area (Å²) in [7, 11) is -3.73. The first-order valence-electron chi connectivity index (χ1n) is 4.61. The van der Waals surface area contributed by atoms with E-state index in [1.165, 1.54) is 19.1 Å². The summed E-state index contributed by atoms with van der Waals surface area (Å²) >= 11 is 0. The maximum absolute atomic E-state index is 12.1. The predicted molar refractivity (Wildman–Crippen MR) is 58.0 cm³/mol. The van der Waals surface area contributed by atoms with Crippen molar-refractivity contribution in [1.29, 1.82) is 0 Å². The summed E-state index contributed by atoms with van der Waals surface area (Å²) in [5, 5.41) is 4.75. The zero-order chi connectivity index (χ0) is 11.8. The number of H-pyrrole nitrogens is 2. The van der Waals surface area contributed by atoms with Gasteiger partial charge in [-0.3, -0.25) is 9.89 Å². The van der Waals surface area contributed by atoms with Crippen LogP contribution in [0.1, 0.15) is 5.69 Å². The minimum absolute atomic E-state index is 0.114. The highest BCUT2D eigenvalue weighted by atomic mass is 32.2. The topological polar surface area (TPSA) is 82.8 Å². The monoisotopic (exact) mass is 238 g/mol. The molecule has 2 aromatic rings. The SMILES string of the molecule is Cc1[nH][nH]c(=O)c1S(=O)(=O)c1ccccc1. The van der Waals surface area contributed by atoms with E-state index in [9.17, 15) is 13.2 Å². The van der Waals surface area contributed by atoms with Crippen LogP contribution >= 0.6 is 0 Å². The lowest BCUT2D eigenvalue weighted by molar-refractivity contribution is 0.595. The highest BCUT2D eigenvalue weighted by Crippen LogP contribution is 2.18. The number of sulfone groups is 1. The third kappa shape index (κ3) is 1.57. The van der Waals surface area contributed by atoms with E-state index < -0.39 is 15.4 Å². The van der Waals surface area contributed by atoms with Crippen LogP contribution in [-0.4, -0.2) is 18.6 Å². The second kappa shape index (κ2) is 3.64. The Labute approximate surface area is 92.0 Å². The molecule has 0 spiro atoms. The Hall–Kier alpha value is -1.82. The molecule has 1 heterocycles. The van der Waals surface area contributed by atoms with E-state index in [0.29, 0.717) is 5.69 Å². The number of rotatable bonds is 2. The van der Waals surface area contributed by atoms with Gasteiger partial charge in [0.25, 0.3) is 5.56 Å². The fraction of sp³-hybridized carbons (Fsp3) is 0.100. The van der Waals surface area contributed by atoms with Crippen molar-refractivity contribution in [1.82, 2.24) is 10.2 Å². The molecule has 5 nitrogen and oxygen atoms in total. The minimum atomic E-state index is -3.73. The van der Waals surface area contributed by atoms with Crippen molar-refractivity contribution in [2.24, 2.45) is 0 Å². The van der Waals surface area contributed by atoms with Crippen LogP contribution < -0.4 is 5.56 Å². The van der Waals surface area contributed by atoms with Gasteiger partial charge >= 0.3 is 0 Å². The second-order valence-electron chi connectivity index (χ2n) is 3.35. The molecule has 0 unspecified atom stereocenters. The predicted octanol–water partition coefficient (Wildman–Crippen LogP) is 0.844. The molecule has 0 aliphatic rings. The van der Waals surface area contributed by atoms with Crippen molar-refractivity contribution in [3.63, 3.8) is 0 Å². The number of benzene rings is 1. The molecule has 0 aliphatic heterocycles. The number of hydrogen-bond donors (Lipinski definition) is 2. The van der Waals surface area contributed by atoms with Crippen molar-refractivity contribution < 1.29 is 8.42 Å². The first-order valence-corrected chi connectivity index (χ1v) is 6.09. The van der Waals surface area contributed by atoms with Gasteiger partial charge in [0.2, 0.25) is 9.84 Å². The van der Waals surface area contributed by atoms with E-state index >= 15 is 0 Å². The fourth-order valence-corrected chi connectivity index (χ4v) is 2.98. The highest BCUT2D eigenvalue weighted by molar-refractivity contribution is 7.91. The van der Waals surface area contributed by atoms with Crippen LogP contribution in [0.5, 0.6) is 0 Å². The summed E-state index contributed by atoms with van der Waals surface area (Å²) in [5.74, 6) is 0. The fourth-order valence-electron chi connectivity index (χ4n) is 1.48. The Kier molecular flexibility index (Phi) is 2.43. The van der Waals surface area contributed by atoms with Gasteiger partial charge in [-0.05, 0) is 19.1 Å². The Bertz CT molecular complexity index is 653. The Morgan fingerprint density at radius 1 is 1.06 bits per heavy atom. The van der Waals surface area contributed by atoms with E-state index in [-0.39, 0.29) is 9.79 Å². The van der Waals surface area contributed by atoms with Crippen LogP contribution in [0.3, 0.4) is 0 Å². The standard InChI is InChI=1S/C10H10N2O3S/c1-7-9(10(13)12-11-7)16(14,15)8-5-3-2-4-6-8/h2-6H,1H3,(H2,11,12,13). The summed E-state index contributed by atoms with van der Waals surface area (Å²) < 4.78 is 24.2. The molecule has 0 radical (unpaired) electrons. The maximum atomic E-state index is 12.1. The van der Waals surface area contributed by atoms with Crippen LogP contribution in [0.4, 0.5) is 0 Å². The van der Waals surface area contributed by atoms with Gasteiger partial charge in [-0.25, -0.2) is 8.42 Å². The van der Waals surface area contributed by atoms with Gasteiger partial charge in [-0.2, -0.15) is 0 Å². The molecule has 0 fully saturated rings. The van der Waals surface area contributed by atoms with Crippen LogP contribution in [-0.2, 0) is 9.84 Å². The number of nitrogens with one attached hydrogen (secondary N) is 2. The molecule has 2 rings (SSSR count). The normalized spacial score (nSPS) is 11.6. The zero-order valence-corrected chi connectivity index (χ0v) is 9.34. The average Bonchev–Trinajstić information content (AvgIpc) is 2.60. The quantitative estimate of drug-likeness (QED) is 0.813. The van der Waals surface area contributed by atoms with Gasteiger partial charge in [0.1, 0.15) is 0 Å². The molecular formula is C10H10N2O3S. The molecule has 0 atom stereocenters. The van der Waals surface area contributed by atoms with Crippen LogP contribution in [0.25, 0.3) is 0 Å². The first-order chi connectivity index (χ1) is 7.53. The van der Waals surface area contributed by atoms with Gasteiger partial charge in [0.15, 0.2) is 4.90 Å². The third-order valence-corrected chi connectivity index (χ3v) is 4.15. The molecule has 2 N–H and O–H groups in total. The Morgan fingerprint density at radius 3 is 2.19 bits per heavy atom. The smallest absolute Gasteiger partial charge is 0.283 e. The molecule has 0 aliphatic carbocycles. The van der Waals surface area contributed by atoms with Gasteiger partial charge in [-0.15, -0.1) is 0 Å². The maximum Gasteiger partial charge on any atom is 0.283 e. The van der Waals surface area contributed by atoms with E-state index in [2.05, 4.69) is 10.2 Å². The van der Waals surface area contributed by atoms with E-state index in [4.69, 9.17) is 0 Å². The first kappa shape index (κ1) is 10.7. The Balaban J connectivity index is 2.71. The van der Waals surface area contributed by atoms with Crippen molar-refractivity contribution in [2.45, 2.75) is 16.7 Å². The average molecular weight is 238 g/mol. The van der Waals surface area contributed by atoms with E-state index in [0.717, 1.165) is 0 Å². The van der Waals surface area contributed by atoms with Crippen molar-refractivity contribution in [3.05, 3.63) is 46.4 Å². The molecule has 6 heteroatoms. The highest BCUT2D eigenvalue weighted by Gasteiger charge is 2.24. The number of hydrogen-bond acceptors (Lipinski definition) is 3. The summed E-state index contributed by atoms with van der Waals surface area (Å²) in [6, 6.07) is 7.86. The van der Waals surface area contributed by atoms with Gasteiger partial charge in [-0.1, -0.05) is 18.2 Å². The summed E-state index contributed by atoms with van der Waals surface area (Å²) in [6.07, 6.45) is 0. The lowest BCUT2D eigenvalue weighted by Gasteiger charge is -2.01. The number of aryl methyl sites for hydroxylation is 1. The Morgan fingerprint density at radius 2 is 1.69 bits per heavy atom. The molecule has 16 heavy (non-hydrogen) atoms. The number of aromatic nitrogens is 2. The summed E-state index contributed by atoms with van der Waals surface area (Å²) in [4.78, 5) is 11.3. The molecule has 0 amide bonds. The van der Waals surface area contributed by atoms with Crippen molar-refractivity contribution in [3.8, 4) is 0 Å². The second-order valence-corrected chi connectivity index (χ2v) is 5.24. The molecule has 1 aromatic heterocycles. The van der Waals surface area contributed by atoms with Gasteiger partial charge in [0.05, 0.1) is 10.6 Å². The molecular weight excluding hydrogens is 228 g/mol. The zero-order valence-electron chi connectivity index (χ0n) is 8.52. The molecule has 1 aromatic carbocycles. The van der Waals surface area contributed by atoms with Gasteiger partial charge in [0, 0.05) is 0 Å². The lowest BCUT2D eigenvalue weighted by Crippen LogP contribution is -2.13. The molecule has 84 valence electrons.